The predicted molar refractivity (Wildman–Crippen MR) is 290 cm³/mol. The summed E-state index contributed by atoms with van der Waals surface area (Å²) in [5.41, 5.74) is 5.32. The summed E-state index contributed by atoms with van der Waals surface area (Å²) in [5, 5.41) is 11.7. The van der Waals surface area contributed by atoms with Crippen molar-refractivity contribution in [2.24, 2.45) is 23.7 Å². The number of ether oxygens (including phenoxy) is 4. The van der Waals surface area contributed by atoms with Crippen LogP contribution in [0.25, 0.3) is 0 Å². The predicted octanol–water partition coefficient (Wildman–Crippen LogP) is 3.65. The summed E-state index contributed by atoms with van der Waals surface area (Å²) in [4.78, 5) is 134. The van der Waals surface area contributed by atoms with E-state index in [1.54, 1.807) is 97.1 Å². The van der Waals surface area contributed by atoms with Crippen molar-refractivity contribution in [2.45, 2.75) is 25.7 Å². The van der Waals surface area contributed by atoms with Crippen molar-refractivity contribution in [3.8, 4) is 0 Å². The third-order valence-corrected chi connectivity index (χ3v) is 14.3. The highest BCUT2D eigenvalue weighted by Gasteiger charge is 2.45. The Hall–Kier alpha value is -9.20. The monoisotopic (exact) mass is 1090 g/mol. The van der Waals surface area contributed by atoms with Gasteiger partial charge in [-0.25, -0.2) is 19.2 Å². The molecule has 2 heterocycles. The smallest absolute Gasteiger partial charge is 0.337 e. The number of carbonyl (C=O) groups is 10. The molecule has 20 heteroatoms. The van der Waals surface area contributed by atoms with E-state index in [0.29, 0.717) is 47.9 Å². The van der Waals surface area contributed by atoms with Crippen LogP contribution in [0.2, 0.25) is 0 Å². The number of carbonyl (C=O) groups excluding carboxylic acids is 10. The van der Waals surface area contributed by atoms with E-state index in [2.05, 4.69) is 21.3 Å². The van der Waals surface area contributed by atoms with Crippen molar-refractivity contribution in [1.82, 2.24) is 31.1 Å². The van der Waals surface area contributed by atoms with Crippen molar-refractivity contribution in [2.75, 3.05) is 80.8 Å². The average Bonchev–Trinajstić information content (AvgIpc) is 4.17. The van der Waals surface area contributed by atoms with Crippen LogP contribution < -0.4 is 21.3 Å². The summed E-state index contributed by atoms with van der Waals surface area (Å²) >= 11 is 0. The molecule has 0 saturated carbocycles. The summed E-state index contributed by atoms with van der Waals surface area (Å²) in [6, 6.07) is 33.0. The van der Waals surface area contributed by atoms with E-state index in [9.17, 15) is 47.9 Å². The Morgan fingerprint density at radius 1 is 0.325 bits per heavy atom. The van der Waals surface area contributed by atoms with Gasteiger partial charge in [0.15, 0.2) is 0 Å². The number of nitrogens with zero attached hydrogens (tertiary/aromatic N) is 2. The molecule has 80 heavy (non-hydrogen) atoms. The average molecular weight is 1090 g/mol. The van der Waals surface area contributed by atoms with E-state index in [1.165, 1.54) is 62.5 Å². The molecule has 0 aromatic heterocycles. The molecule has 0 unspecified atom stereocenters. The summed E-state index contributed by atoms with van der Waals surface area (Å²) in [6.45, 7) is 0.563. The highest BCUT2D eigenvalue weighted by molar-refractivity contribution is 6.00. The van der Waals surface area contributed by atoms with Crippen LogP contribution in [0.15, 0.2) is 121 Å². The number of benzene rings is 5. The van der Waals surface area contributed by atoms with Gasteiger partial charge in [0.05, 0.1) is 74.4 Å². The number of likely N-dealkylation sites (tertiary alicyclic amines) is 2. The summed E-state index contributed by atoms with van der Waals surface area (Å²) in [7, 11) is 5.18. The van der Waals surface area contributed by atoms with Crippen LogP contribution in [0, 0.1) is 23.7 Å². The fourth-order valence-corrected chi connectivity index (χ4v) is 9.67. The molecule has 5 aromatic carbocycles. The molecule has 4 N–H and O–H groups in total. The molecule has 0 spiro atoms. The minimum absolute atomic E-state index is 0.0731. The maximum absolute atomic E-state index is 14.2. The van der Waals surface area contributed by atoms with Gasteiger partial charge in [-0.1, -0.05) is 48.5 Å². The Bertz CT molecular complexity index is 2680. The Balaban J connectivity index is 1.00. The first-order valence-corrected chi connectivity index (χ1v) is 26.1. The molecule has 2 fully saturated rings. The summed E-state index contributed by atoms with van der Waals surface area (Å²) < 4.78 is 19.1. The maximum Gasteiger partial charge on any atom is 0.337 e. The molecule has 6 amide bonds. The fourth-order valence-electron chi connectivity index (χ4n) is 9.67. The first-order chi connectivity index (χ1) is 38.6. The minimum Gasteiger partial charge on any atom is -0.465 e. The molecule has 0 radical (unpaired) electrons. The van der Waals surface area contributed by atoms with Crippen molar-refractivity contribution in [3.05, 3.63) is 177 Å². The van der Waals surface area contributed by atoms with Gasteiger partial charge >= 0.3 is 23.9 Å². The molecule has 2 saturated heterocycles. The van der Waals surface area contributed by atoms with Gasteiger partial charge < -0.3 is 50.0 Å². The molecule has 5 aromatic rings. The van der Waals surface area contributed by atoms with E-state index in [4.69, 9.17) is 18.9 Å². The molecule has 20 nitrogen and oxygen atoms in total. The maximum atomic E-state index is 14.2. The van der Waals surface area contributed by atoms with Crippen LogP contribution in [0.4, 0.5) is 0 Å². The number of rotatable bonds is 22. The second kappa shape index (κ2) is 27.9. The molecule has 418 valence electrons. The molecule has 0 aliphatic carbocycles. The lowest BCUT2D eigenvalue weighted by molar-refractivity contribution is -0.132. The highest BCUT2D eigenvalue weighted by atomic mass is 16.5. The largest absolute Gasteiger partial charge is 0.465 e. The zero-order valence-corrected chi connectivity index (χ0v) is 45.0. The van der Waals surface area contributed by atoms with Crippen LogP contribution in [-0.2, 0) is 63.8 Å². The number of methoxy groups -OCH3 is 4. The Morgan fingerprint density at radius 2 is 0.512 bits per heavy atom. The number of nitrogens with one attached hydrogen (secondary N) is 4. The lowest BCUT2D eigenvalue weighted by Gasteiger charge is -2.18. The number of hydrogen-bond acceptors (Lipinski definition) is 14. The number of amides is 6. The Labute approximate surface area is 462 Å². The first-order valence-electron chi connectivity index (χ1n) is 26.1. The Morgan fingerprint density at radius 3 is 0.700 bits per heavy atom. The molecule has 7 rings (SSSR count). The van der Waals surface area contributed by atoms with Gasteiger partial charge in [0.2, 0.25) is 23.6 Å². The molecular formula is C60H64N6O14. The zero-order chi connectivity index (χ0) is 57.3. The van der Waals surface area contributed by atoms with Gasteiger partial charge in [-0.15, -0.1) is 0 Å². The quantitative estimate of drug-likeness (QED) is 0.0570. The fraction of sp³-hybridized carbons (Fsp3) is 0.333. The van der Waals surface area contributed by atoms with Crippen LogP contribution in [0.3, 0.4) is 0 Å². The molecule has 0 bridgehead atoms. The molecule has 2 aliphatic rings. The van der Waals surface area contributed by atoms with E-state index >= 15 is 0 Å². The molecule has 2 aliphatic heterocycles. The highest BCUT2D eigenvalue weighted by Crippen LogP contribution is 2.29. The van der Waals surface area contributed by atoms with Crippen molar-refractivity contribution in [3.63, 3.8) is 0 Å². The van der Waals surface area contributed by atoms with Gasteiger partial charge in [-0.3, -0.25) is 28.8 Å². The number of hydrogen-bond donors (Lipinski definition) is 4. The lowest BCUT2D eigenvalue weighted by atomic mass is 9.94. The second-order valence-corrected chi connectivity index (χ2v) is 19.3. The van der Waals surface area contributed by atoms with Gasteiger partial charge in [-0.05, 0) is 121 Å². The van der Waals surface area contributed by atoms with Gasteiger partial charge in [0.25, 0.3) is 11.8 Å². The molecular weight excluding hydrogens is 1030 g/mol. The topological polar surface area (TPSA) is 262 Å². The number of esters is 4. The van der Waals surface area contributed by atoms with E-state index in [-0.39, 0.29) is 63.5 Å². The SMILES string of the molecule is COC(=O)c1ccc(CCNC(=O)[C@H]2CN(C(=O)c3ccc(C(=O)N4C[C@H](C(=O)NCCc5ccc(C(=O)OC)cc5)[C@@H](C(=O)NCCc5ccc(C(=O)OC)cc5)C4)cc3)C[C@@H]2C(=O)NCCc2ccc(C(=O)OC)cc2)cc1. The van der Waals surface area contributed by atoms with Crippen LogP contribution in [0.5, 0.6) is 0 Å². The lowest BCUT2D eigenvalue weighted by Crippen LogP contribution is -2.42. The zero-order valence-electron chi connectivity index (χ0n) is 45.0. The van der Waals surface area contributed by atoms with Gasteiger partial charge in [0.1, 0.15) is 0 Å². The van der Waals surface area contributed by atoms with Gasteiger partial charge in [0, 0.05) is 63.5 Å². The second-order valence-electron chi connectivity index (χ2n) is 19.3. The summed E-state index contributed by atoms with van der Waals surface area (Å²) in [6.07, 6.45) is 1.69. The van der Waals surface area contributed by atoms with Crippen molar-refractivity contribution in [1.29, 1.82) is 0 Å². The van der Waals surface area contributed by atoms with Crippen molar-refractivity contribution >= 4 is 59.3 Å². The van der Waals surface area contributed by atoms with E-state index in [1.807, 2.05) is 0 Å². The van der Waals surface area contributed by atoms with Crippen LogP contribution >= 0.6 is 0 Å². The third kappa shape index (κ3) is 15.1. The van der Waals surface area contributed by atoms with Crippen molar-refractivity contribution < 1.29 is 66.9 Å². The Kier molecular flexibility index (Phi) is 20.4. The molecule has 4 atom stereocenters. The minimum atomic E-state index is -0.912. The van der Waals surface area contributed by atoms with Crippen LogP contribution in [0.1, 0.15) is 84.4 Å². The van der Waals surface area contributed by atoms with E-state index < -0.39 is 83.0 Å². The van der Waals surface area contributed by atoms with E-state index in [0.717, 1.165) is 22.3 Å². The first kappa shape index (κ1) is 58.5. The van der Waals surface area contributed by atoms with Crippen LogP contribution in [-0.4, -0.2) is 150 Å². The normalized spacial score (nSPS) is 16.4. The third-order valence-electron chi connectivity index (χ3n) is 14.3. The van der Waals surface area contributed by atoms with Gasteiger partial charge in [-0.2, -0.15) is 0 Å². The summed E-state index contributed by atoms with van der Waals surface area (Å²) in [5.74, 6) is -8.17. The standard InChI is InChI=1S/C60H64N6O14/c1-77-57(73)43-13-5-37(6-14-43)25-29-61-51(67)47-33-65(34-48(47)52(68)62-30-26-38-7-15-44(16-8-38)58(74)78-2)55(71)41-21-23-42(24-22-41)56(72)66-35-49(53(69)63-31-27-39-9-17-45(18-10-39)59(75)79-3)50(36-66)54(70)64-32-28-40-11-19-46(20-12-40)60(76)80-4/h5-24,47-50H,25-36H2,1-4H3,(H,61,67)(H,62,68)(H,63,69)(H,64,70)/t47-,48-,49-,50-/m0/s1.